The standard InChI is InChI=1S/C15H22N2O/c1-12-3-5-13(6-4-12)15(7-2-8-15)9-10-17-11-14(16)18/h3-6,17H,2,7-11H2,1H3,(H2,16,18)/p-1. The zero-order chi connectivity index (χ0) is 13.0. The van der Waals surface area contributed by atoms with E-state index in [0.717, 1.165) is 13.0 Å². The van der Waals surface area contributed by atoms with Crippen molar-refractivity contribution in [2.45, 2.75) is 38.0 Å². The van der Waals surface area contributed by atoms with E-state index >= 15 is 0 Å². The van der Waals surface area contributed by atoms with E-state index in [4.69, 9.17) is 5.41 Å². The van der Waals surface area contributed by atoms with Gasteiger partial charge in [0.05, 0.1) is 0 Å². The highest BCUT2D eigenvalue weighted by Crippen LogP contribution is 2.46. The zero-order valence-corrected chi connectivity index (χ0v) is 11.0. The van der Waals surface area contributed by atoms with Gasteiger partial charge in [-0.1, -0.05) is 36.2 Å². The lowest BCUT2D eigenvalue weighted by Crippen LogP contribution is -2.39. The molecule has 0 heterocycles. The number of benzene rings is 1. The lowest BCUT2D eigenvalue weighted by Gasteiger charge is -2.43. The third kappa shape index (κ3) is 2.91. The van der Waals surface area contributed by atoms with Crippen molar-refractivity contribution < 1.29 is 5.11 Å². The van der Waals surface area contributed by atoms with Crippen LogP contribution in [0.3, 0.4) is 0 Å². The molecular weight excluding hydrogens is 224 g/mol. The van der Waals surface area contributed by atoms with Crippen LogP contribution in [0.1, 0.15) is 36.8 Å². The van der Waals surface area contributed by atoms with E-state index in [-0.39, 0.29) is 6.54 Å². The third-order valence-electron chi connectivity index (χ3n) is 4.04. The van der Waals surface area contributed by atoms with Gasteiger partial charge in [0.15, 0.2) is 0 Å². The lowest BCUT2D eigenvalue weighted by atomic mass is 9.62. The van der Waals surface area contributed by atoms with Crippen LogP contribution in [-0.2, 0) is 5.41 Å². The molecule has 2 rings (SSSR count). The first-order chi connectivity index (χ1) is 8.62. The van der Waals surface area contributed by atoms with Gasteiger partial charge in [0.2, 0.25) is 0 Å². The molecule has 3 nitrogen and oxygen atoms in total. The smallest absolute Gasteiger partial charge is 0.0230 e. The Hall–Kier alpha value is -1.35. The third-order valence-corrected chi connectivity index (χ3v) is 4.04. The Morgan fingerprint density at radius 1 is 1.33 bits per heavy atom. The number of rotatable bonds is 6. The highest BCUT2D eigenvalue weighted by Gasteiger charge is 2.37. The average Bonchev–Trinajstić information content (AvgIpc) is 2.28. The second-order valence-corrected chi connectivity index (χ2v) is 5.35. The molecule has 0 aliphatic heterocycles. The number of aryl methyl sites for hydroxylation is 1. The molecular formula is C15H21N2O-. The zero-order valence-electron chi connectivity index (χ0n) is 11.0. The second-order valence-electron chi connectivity index (χ2n) is 5.35. The minimum atomic E-state index is -0.534. The van der Waals surface area contributed by atoms with Crippen LogP contribution in [0.15, 0.2) is 24.3 Å². The fourth-order valence-corrected chi connectivity index (χ4v) is 2.72. The minimum Gasteiger partial charge on any atom is -0.861 e. The first-order valence-corrected chi connectivity index (χ1v) is 6.65. The maximum atomic E-state index is 10.6. The van der Waals surface area contributed by atoms with Gasteiger partial charge in [0.25, 0.3) is 0 Å². The van der Waals surface area contributed by atoms with Crippen molar-refractivity contribution in [2.24, 2.45) is 0 Å². The molecule has 3 heteroatoms. The summed E-state index contributed by atoms with van der Waals surface area (Å²) in [5, 5.41) is 20.5. The first kappa shape index (κ1) is 13.1. The molecule has 98 valence electrons. The molecule has 1 saturated carbocycles. The predicted molar refractivity (Wildman–Crippen MR) is 71.9 cm³/mol. The van der Waals surface area contributed by atoms with Crippen molar-refractivity contribution in [1.82, 2.24) is 5.32 Å². The Labute approximate surface area is 109 Å². The van der Waals surface area contributed by atoms with Gasteiger partial charge in [0.1, 0.15) is 0 Å². The van der Waals surface area contributed by atoms with Gasteiger partial charge in [0, 0.05) is 6.54 Å². The van der Waals surface area contributed by atoms with Crippen molar-refractivity contribution >= 4 is 5.90 Å². The van der Waals surface area contributed by atoms with Crippen LogP contribution in [-0.4, -0.2) is 19.0 Å². The topological polar surface area (TPSA) is 58.9 Å². The van der Waals surface area contributed by atoms with Crippen LogP contribution < -0.4 is 10.4 Å². The molecule has 1 aliphatic carbocycles. The van der Waals surface area contributed by atoms with Crippen molar-refractivity contribution in [2.75, 3.05) is 13.1 Å². The summed E-state index contributed by atoms with van der Waals surface area (Å²) in [6.45, 7) is 3.10. The van der Waals surface area contributed by atoms with E-state index in [1.165, 1.54) is 30.4 Å². The summed E-state index contributed by atoms with van der Waals surface area (Å²) in [6.07, 6.45) is 4.84. The van der Waals surface area contributed by atoms with Gasteiger partial charge in [-0.15, -0.1) is 0 Å². The summed E-state index contributed by atoms with van der Waals surface area (Å²) >= 11 is 0. The maximum absolute atomic E-state index is 10.6. The lowest BCUT2D eigenvalue weighted by molar-refractivity contribution is -0.219. The summed E-state index contributed by atoms with van der Waals surface area (Å²) in [6, 6.07) is 8.83. The Balaban J connectivity index is 1.94. The quantitative estimate of drug-likeness (QED) is 0.455. The first-order valence-electron chi connectivity index (χ1n) is 6.65. The number of hydrogen-bond acceptors (Lipinski definition) is 3. The summed E-state index contributed by atoms with van der Waals surface area (Å²) in [7, 11) is 0. The predicted octanol–water partition coefficient (Wildman–Crippen LogP) is 1.73. The molecule has 1 aliphatic rings. The monoisotopic (exact) mass is 245 g/mol. The molecule has 0 unspecified atom stereocenters. The highest BCUT2D eigenvalue weighted by atomic mass is 16.3. The fraction of sp³-hybridized carbons (Fsp3) is 0.533. The molecule has 0 bridgehead atoms. The molecule has 1 aromatic rings. The van der Waals surface area contributed by atoms with Crippen molar-refractivity contribution in [3.8, 4) is 0 Å². The van der Waals surface area contributed by atoms with Gasteiger partial charge in [-0.25, -0.2) is 0 Å². The normalized spacial score (nSPS) is 17.2. The summed E-state index contributed by atoms with van der Waals surface area (Å²) in [4.78, 5) is 0. The Bertz CT molecular complexity index is 407. The van der Waals surface area contributed by atoms with Gasteiger partial charge in [-0.2, -0.15) is 0 Å². The van der Waals surface area contributed by atoms with E-state index in [1.54, 1.807) is 0 Å². The van der Waals surface area contributed by atoms with Crippen LogP contribution in [0, 0.1) is 12.3 Å². The molecule has 0 spiro atoms. The molecule has 0 atom stereocenters. The highest BCUT2D eigenvalue weighted by molar-refractivity contribution is 5.69. The molecule has 0 radical (unpaired) electrons. The van der Waals surface area contributed by atoms with Crippen LogP contribution >= 0.6 is 0 Å². The Morgan fingerprint density at radius 3 is 2.50 bits per heavy atom. The van der Waals surface area contributed by atoms with Crippen LogP contribution in [0.2, 0.25) is 0 Å². The molecule has 0 amide bonds. The molecule has 2 N–H and O–H groups in total. The minimum absolute atomic E-state index is 0.171. The van der Waals surface area contributed by atoms with E-state index < -0.39 is 5.90 Å². The van der Waals surface area contributed by atoms with E-state index in [2.05, 4.69) is 36.5 Å². The molecule has 18 heavy (non-hydrogen) atoms. The molecule has 1 aromatic carbocycles. The van der Waals surface area contributed by atoms with Crippen molar-refractivity contribution in [3.63, 3.8) is 0 Å². The SMILES string of the molecule is Cc1ccc(C2(CCNCC(=N)[O-])CCC2)cc1. The molecule has 1 fully saturated rings. The van der Waals surface area contributed by atoms with E-state index in [0.29, 0.717) is 5.41 Å². The van der Waals surface area contributed by atoms with E-state index in [9.17, 15) is 5.11 Å². The van der Waals surface area contributed by atoms with Crippen molar-refractivity contribution in [3.05, 3.63) is 35.4 Å². The fourth-order valence-electron chi connectivity index (χ4n) is 2.72. The largest absolute Gasteiger partial charge is 0.861 e. The Morgan fingerprint density at radius 2 is 2.00 bits per heavy atom. The molecule has 0 aromatic heterocycles. The van der Waals surface area contributed by atoms with Gasteiger partial charge < -0.3 is 15.8 Å². The summed E-state index contributed by atoms with van der Waals surface area (Å²) in [5.41, 5.74) is 3.04. The van der Waals surface area contributed by atoms with E-state index in [1.807, 2.05) is 0 Å². The Kier molecular flexibility index (Phi) is 4.02. The molecule has 0 saturated heterocycles. The van der Waals surface area contributed by atoms with Crippen LogP contribution in [0.25, 0.3) is 0 Å². The average molecular weight is 245 g/mol. The summed E-state index contributed by atoms with van der Waals surface area (Å²) < 4.78 is 0. The number of hydrogen-bond donors (Lipinski definition) is 2. The maximum Gasteiger partial charge on any atom is 0.0230 e. The number of nitrogens with one attached hydrogen (secondary N) is 2. The van der Waals surface area contributed by atoms with Crippen molar-refractivity contribution in [1.29, 1.82) is 5.41 Å². The van der Waals surface area contributed by atoms with Gasteiger partial charge >= 0.3 is 0 Å². The van der Waals surface area contributed by atoms with Crippen LogP contribution in [0.5, 0.6) is 0 Å². The second kappa shape index (κ2) is 5.53. The van der Waals surface area contributed by atoms with Crippen LogP contribution in [0.4, 0.5) is 0 Å². The van der Waals surface area contributed by atoms with Gasteiger partial charge in [-0.3, -0.25) is 0 Å². The van der Waals surface area contributed by atoms with Gasteiger partial charge in [-0.05, 0) is 49.6 Å². The summed E-state index contributed by atoms with van der Waals surface area (Å²) in [5.74, 6) is -0.534.